The average Bonchev–Trinajstić information content (AvgIpc) is 3.00. The quantitative estimate of drug-likeness (QED) is 0.488. The molecule has 1 aliphatic carbocycles. The number of methoxy groups -OCH3 is 1. The van der Waals surface area contributed by atoms with Gasteiger partial charge in [0.15, 0.2) is 0 Å². The summed E-state index contributed by atoms with van der Waals surface area (Å²) in [7, 11) is 1.61. The predicted molar refractivity (Wildman–Crippen MR) is 122 cm³/mol. The van der Waals surface area contributed by atoms with Gasteiger partial charge in [-0.05, 0) is 36.1 Å². The van der Waals surface area contributed by atoms with Crippen molar-refractivity contribution in [3.8, 4) is 5.75 Å². The third-order valence-corrected chi connectivity index (χ3v) is 6.80. The molecule has 0 unspecified atom stereocenters. The van der Waals surface area contributed by atoms with Gasteiger partial charge in [-0.2, -0.15) is 0 Å². The Kier molecular flexibility index (Phi) is 8.12. The van der Waals surface area contributed by atoms with Gasteiger partial charge in [0.05, 0.1) is 12.0 Å². The zero-order valence-corrected chi connectivity index (χ0v) is 18.4. The van der Waals surface area contributed by atoms with E-state index in [-0.39, 0.29) is 11.8 Å². The van der Waals surface area contributed by atoms with E-state index < -0.39 is 0 Å². The Morgan fingerprint density at radius 2 is 2.14 bits per heavy atom. The fourth-order valence-electron chi connectivity index (χ4n) is 3.78. The van der Waals surface area contributed by atoms with Crippen LogP contribution in [0.15, 0.2) is 29.2 Å². The molecule has 7 heteroatoms. The van der Waals surface area contributed by atoms with Crippen molar-refractivity contribution < 1.29 is 14.3 Å². The average molecular weight is 433 g/mol. The van der Waals surface area contributed by atoms with E-state index in [1.54, 1.807) is 12.0 Å². The number of amides is 2. The molecule has 3 rings (SSSR count). The Morgan fingerprint density at radius 1 is 1.34 bits per heavy atom. The second-order valence-corrected chi connectivity index (χ2v) is 9.18. The van der Waals surface area contributed by atoms with Gasteiger partial charge in [-0.3, -0.25) is 14.5 Å². The first-order valence-corrected chi connectivity index (χ1v) is 11.5. The zero-order chi connectivity index (χ0) is 20.6. The summed E-state index contributed by atoms with van der Waals surface area (Å²) in [6, 6.07) is 7.54. The minimum absolute atomic E-state index is 0.0629. The molecule has 0 atom stereocenters. The number of thiocarbonyl (C=S) groups is 1. The van der Waals surface area contributed by atoms with Crippen molar-refractivity contribution in [3.63, 3.8) is 0 Å². The highest BCUT2D eigenvalue weighted by atomic mass is 32.2. The van der Waals surface area contributed by atoms with Gasteiger partial charge in [0.2, 0.25) is 5.91 Å². The van der Waals surface area contributed by atoms with Gasteiger partial charge in [0.25, 0.3) is 5.91 Å². The molecule has 1 heterocycles. The summed E-state index contributed by atoms with van der Waals surface area (Å²) in [6.07, 6.45) is 9.79. The van der Waals surface area contributed by atoms with Crippen LogP contribution in [0.1, 0.15) is 50.5 Å². The van der Waals surface area contributed by atoms with Crippen molar-refractivity contribution in [1.29, 1.82) is 0 Å². The summed E-state index contributed by atoms with van der Waals surface area (Å²) in [4.78, 5) is 27.0. The fraction of sp³-hybridized carbons (Fsp3) is 0.500. The lowest BCUT2D eigenvalue weighted by Gasteiger charge is -2.21. The lowest BCUT2D eigenvalue weighted by atomic mass is 9.86. The molecule has 156 valence electrons. The molecule has 0 spiro atoms. The third-order valence-electron chi connectivity index (χ3n) is 5.43. The summed E-state index contributed by atoms with van der Waals surface area (Å²) < 4.78 is 5.75. The second-order valence-electron chi connectivity index (χ2n) is 7.50. The van der Waals surface area contributed by atoms with Crippen LogP contribution in [0.5, 0.6) is 5.75 Å². The molecular weight excluding hydrogens is 404 g/mol. The molecule has 1 saturated carbocycles. The van der Waals surface area contributed by atoms with Gasteiger partial charge >= 0.3 is 0 Å². The standard InChI is InChI=1S/C22H28N2O3S2/c1-27-18-9-5-8-17(14-18)15-19-21(26)24(22(28)29-19)13-12-23-20(25)11-10-16-6-3-2-4-7-16/h5,8-9,14-16H,2-4,6-7,10-13H2,1H3,(H,23,25)/b19-15+. The molecule has 0 bridgehead atoms. The lowest BCUT2D eigenvalue weighted by molar-refractivity contribution is -0.124. The van der Waals surface area contributed by atoms with Crippen molar-refractivity contribution in [2.45, 2.75) is 44.9 Å². The minimum Gasteiger partial charge on any atom is -0.497 e. The molecule has 2 amide bonds. The van der Waals surface area contributed by atoms with Gasteiger partial charge in [0.1, 0.15) is 10.1 Å². The van der Waals surface area contributed by atoms with Gasteiger partial charge in [0, 0.05) is 19.5 Å². The first kappa shape index (κ1) is 21.8. The van der Waals surface area contributed by atoms with Crippen LogP contribution in [0.3, 0.4) is 0 Å². The van der Waals surface area contributed by atoms with E-state index in [4.69, 9.17) is 17.0 Å². The van der Waals surface area contributed by atoms with Gasteiger partial charge in [-0.15, -0.1) is 0 Å². The lowest BCUT2D eigenvalue weighted by Crippen LogP contribution is -2.37. The highest BCUT2D eigenvalue weighted by molar-refractivity contribution is 8.26. The summed E-state index contributed by atoms with van der Waals surface area (Å²) in [5.74, 6) is 1.39. The monoisotopic (exact) mass is 432 g/mol. The Balaban J connectivity index is 1.46. The molecule has 1 aromatic rings. The molecule has 2 fully saturated rings. The van der Waals surface area contributed by atoms with E-state index in [1.165, 1.54) is 43.9 Å². The number of nitrogens with one attached hydrogen (secondary N) is 1. The van der Waals surface area contributed by atoms with Crippen molar-refractivity contribution >= 4 is 46.2 Å². The molecular formula is C22H28N2O3S2. The molecule has 1 aromatic carbocycles. The van der Waals surface area contributed by atoms with E-state index in [0.29, 0.717) is 34.7 Å². The van der Waals surface area contributed by atoms with Crippen LogP contribution < -0.4 is 10.1 Å². The summed E-state index contributed by atoms with van der Waals surface area (Å²) in [5.41, 5.74) is 0.890. The second kappa shape index (κ2) is 10.8. The van der Waals surface area contributed by atoms with Crippen molar-refractivity contribution in [2.75, 3.05) is 20.2 Å². The zero-order valence-electron chi connectivity index (χ0n) is 16.8. The molecule has 0 aromatic heterocycles. The largest absolute Gasteiger partial charge is 0.497 e. The molecule has 5 nitrogen and oxygen atoms in total. The topological polar surface area (TPSA) is 58.6 Å². The van der Waals surface area contributed by atoms with Gasteiger partial charge in [-0.25, -0.2) is 0 Å². The van der Waals surface area contributed by atoms with E-state index in [2.05, 4.69) is 5.32 Å². The maximum Gasteiger partial charge on any atom is 0.266 e. The highest BCUT2D eigenvalue weighted by Gasteiger charge is 2.31. The van der Waals surface area contributed by atoms with Crippen LogP contribution >= 0.6 is 24.0 Å². The van der Waals surface area contributed by atoms with Crippen molar-refractivity contribution in [2.24, 2.45) is 5.92 Å². The number of nitrogens with zero attached hydrogens (tertiary/aromatic N) is 1. The Morgan fingerprint density at radius 3 is 2.90 bits per heavy atom. The number of benzene rings is 1. The Labute approximate surface area is 182 Å². The first-order valence-electron chi connectivity index (χ1n) is 10.2. The smallest absolute Gasteiger partial charge is 0.266 e. The maximum atomic E-state index is 12.7. The van der Waals surface area contributed by atoms with Crippen molar-refractivity contribution in [1.82, 2.24) is 10.2 Å². The Bertz CT molecular complexity index is 788. The number of thioether (sulfide) groups is 1. The van der Waals surface area contributed by atoms with E-state index >= 15 is 0 Å². The molecule has 2 aliphatic rings. The molecule has 1 N–H and O–H groups in total. The predicted octanol–water partition coefficient (Wildman–Crippen LogP) is 4.37. The van der Waals surface area contributed by atoms with Gasteiger partial charge in [-0.1, -0.05) is 68.2 Å². The summed E-state index contributed by atoms with van der Waals surface area (Å²) >= 11 is 6.66. The van der Waals surface area contributed by atoms with Gasteiger partial charge < -0.3 is 10.1 Å². The van der Waals surface area contributed by atoms with Crippen molar-refractivity contribution in [3.05, 3.63) is 34.7 Å². The van der Waals surface area contributed by atoms with Crippen LogP contribution in [0.2, 0.25) is 0 Å². The van der Waals surface area contributed by atoms with E-state index in [9.17, 15) is 9.59 Å². The number of carbonyl (C=O) groups excluding carboxylic acids is 2. The Hall–Kier alpha value is -1.86. The molecule has 29 heavy (non-hydrogen) atoms. The summed E-state index contributed by atoms with van der Waals surface area (Å²) in [5, 5.41) is 2.93. The maximum absolute atomic E-state index is 12.7. The summed E-state index contributed by atoms with van der Waals surface area (Å²) in [6.45, 7) is 0.817. The number of hydrogen-bond acceptors (Lipinski definition) is 5. The van der Waals surface area contributed by atoms with E-state index in [0.717, 1.165) is 17.7 Å². The fourth-order valence-corrected chi connectivity index (χ4v) is 5.09. The highest BCUT2D eigenvalue weighted by Crippen LogP contribution is 2.32. The number of carbonyl (C=O) groups is 2. The number of rotatable bonds is 8. The van der Waals surface area contributed by atoms with Crippen LogP contribution in [-0.2, 0) is 9.59 Å². The molecule has 1 aliphatic heterocycles. The number of ether oxygens (including phenoxy) is 1. The van der Waals surface area contributed by atoms with Crippen LogP contribution in [0.25, 0.3) is 6.08 Å². The van der Waals surface area contributed by atoms with Crippen LogP contribution in [0.4, 0.5) is 0 Å². The normalized spacial score (nSPS) is 19.1. The van der Waals surface area contributed by atoms with E-state index in [1.807, 2.05) is 30.3 Å². The first-order chi connectivity index (χ1) is 14.1. The molecule has 0 radical (unpaired) electrons. The van der Waals surface area contributed by atoms with Crippen LogP contribution in [0, 0.1) is 5.92 Å². The van der Waals surface area contributed by atoms with Crippen LogP contribution in [-0.4, -0.2) is 41.2 Å². The minimum atomic E-state index is -0.112. The number of hydrogen-bond donors (Lipinski definition) is 1. The third kappa shape index (κ3) is 6.31. The SMILES string of the molecule is COc1cccc(/C=C2/SC(=S)N(CCNC(=O)CCC3CCCCC3)C2=O)c1. The molecule has 1 saturated heterocycles.